The fourth-order valence-electron chi connectivity index (χ4n) is 1.56. The van der Waals surface area contributed by atoms with Gasteiger partial charge in [0.2, 0.25) is 0 Å². The van der Waals surface area contributed by atoms with Crippen molar-refractivity contribution in [3.63, 3.8) is 0 Å². The Labute approximate surface area is 105 Å². The maximum atomic E-state index is 4.17. The molecule has 0 aliphatic carbocycles. The molecule has 17 heavy (non-hydrogen) atoms. The first kappa shape index (κ1) is 14.2. The highest BCUT2D eigenvalue weighted by atomic mass is 15.4. The first-order chi connectivity index (χ1) is 7.89. The molecule has 98 valence electrons. The molecule has 4 heteroatoms. The molecule has 1 heterocycles. The monoisotopic (exact) mass is 238 g/mol. The number of hydrogen-bond donors (Lipinski definition) is 1. The average molecular weight is 238 g/mol. The predicted octanol–water partition coefficient (Wildman–Crippen LogP) is 2.56. The van der Waals surface area contributed by atoms with Crippen LogP contribution >= 0.6 is 0 Å². The van der Waals surface area contributed by atoms with Crippen molar-refractivity contribution in [1.29, 1.82) is 0 Å². The third kappa shape index (κ3) is 5.31. The van der Waals surface area contributed by atoms with Crippen LogP contribution in [0.3, 0.4) is 0 Å². The number of nitrogens with one attached hydrogen (secondary N) is 1. The fourth-order valence-corrected chi connectivity index (χ4v) is 1.56. The number of hydrogen-bond acceptors (Lipinski definition) is 3. The Kier molecular flexibility index (Phi) is 5.12. The molecule has 4 nitrogen and oxygen atoms in total. The lowest BCUT2D eigenvalue weighted by atomic mass is 10.1. The van der Waals surface area contributed by atoms with Gasteiger partial charge in [-0.1, -0.05) is 19.1 Å². The van der Waals surface area contributed by atoms with Gasteiger partial charge < -0.3 is 5.32 Å². The normalized spacial score (nSPS) is 12.4. The van der Waals surface area contributed by atoms with Crippen LogP contribution in [-0.2, 0) is 12.1 Å². The van der Waals surface area contributed by atoms with Gasteiger partial charge in [-0.3, -0.25) is 0 Å². The largest absolute Gasteiger partial charge is 0.311 e. The van der Waals surface area contributed by atoms with E-state index in [4.69, 9.17) is 0 Å². The maximum absolute atomic E-state index is 4.17. The molecule has 0 saturated heterocycles. The summed E-state index contributed by atoms with van der Waals surface area (Å²) in [7, 11) is 0. The molecule has 1 N–H and O–H groups in total. The molecule has 0 spiro atoms. The van der Waals surface area contributed by atoms with Crippen LogP contribution in [0.4, 0.5) is 0 Å². The molecule has 0 fully saturated rings. The molecule has 1 aromatic rings. The maximum Gasteiger partial charge on any atom is 0.0965 e. The summed E-state index contributed by atoms with van der Waals surface area (Å²) in [4.78, 5) is 0. The van der Waals surface area contributed by atoms with Gasteiger partial charge in [-0.2, -0.15) is 0 Å². The first-order valence-corrected chi connectivity index (χ1v) is 6.52. The van der Waals surface area contributed by atoms with Crippen molar-refractivity contribution in [3.05, 3.63) is 11.9 Å². The van der Waals surface area contributed by atoms with Gasteiger partial charge in [0, 0.05) is 6.54 Å². The van der Waals surface area contributed by atoms with Gasteiger partial charge in [-0.15, -0.1) is 5.10 Å². The molecule has 0 atom stereocenters. The van der Waals surface area contributed by atoms with E-state index >= 15 is 0 Å². The standard InChI is InChI=1S/C13H26N4/c1-11(2)7-6-8-14-9-12-10-17(16-15-12)13(3,4)5/h10-11,14H,6-9H2,1-5H3. The predicted molar refractivity (Wildman–Crippen MR) is 70.8 cm³/mol. The molecule has 0 saturated carbocycles. The van der Waals surface area contributed by atoms with Gasteiger partial charge in [0.15, 0.2) is 0 Å². The summed E-state index contributed by atoms with van der Waals surface area (Å²) in [6, 6.07) is 0. The molecule has 0 bridgehead atoms. The van der Waals surface area contributed by atoms with Crippen LogP contribution < -0.4 is 5.32 Å². The summed E-state index contributed by atoms with van der Waals surface area (Å²) in [6.07, 6.45) is 4.53. The lowest BCUT2D eigenvalue weighted by molar-refractivity contribution is 0.347. The molecule has 0 aliphatic rings. The van der Waals surface area contributed by atoms with Crippen molar-refractivity contribution in [1.82, 2.24) is 20.3 Å². The van der Waals surface area contributed by atoms with Gasteiger partial charge in [-0.05, 0) is 46.1 Å². The number of nitrogens with zero attached hydrogens (tertiary/aromatic N) is 3. The van der Waals surface area contributed by atoms with Crippen LogP contribution in [0.25, 0.3) is 0 Å². The van der Waals surface area contributed by atoms with E-state index in [0.29, 0.717) is 0 Å². The molecule has 1 aromatic heterocycles. The first-order valence-electron chi connectivity index (χ1n) is 6.52. The summed E-state index contributed by atoms with van der Waals surface area (Å²) in [6.45, 7) is 12.8. The zero-order chi connectivity index (χ0) is 12.9. The Morgan fingerprint density at radius 1 is 1.35 bits per heavy atom. The Hall–Kier alpha value is -0.900. The Bertz CT molecular complexity index is 322. The zero-order valence-electron chi connectivity index (χ0n) is 11.8. The molecule has 0 aliphatic heterocycles. The van der Waals surface area contributed by atoms with Crippen molar-refractivity contribution < 1.29 is 0 Å². The quantitative estimate of drug-likeness (QED) is 0.775. The van der Waals surface area contributed by atoms with E-state index in [1.54, 1.807) is 0 Å². The van der Waals surface area contributed by atoms with Gasteiger partial charge in [0.05, 0.1) is 17.4 Å². The third-order valence-electron chi connectivity index (χ3n) is 2.67. The highest BCUT2D eigenvalue weighted by Crippen LogP contribution is 2.11. The Balaban J connectivity index is 2.26. The Morgan fingerprint density at radius 2 is 2.06 bits per heavy atom. The van der Waals surface area contributed by atoms with Crippen LogP contribution in [0.2, 0.25) is 0 Å². The van der Waals surface area contributed by atoms with Gasteiger partial charge in [0.25, 0.3) is 0 Å². The fraction of sp³-hybridized carbons (Fsp3) is 0.846. The van der Waals surface area contributed by atoms with Crippen LogP contribution in [-0.4, -0.2) is 21.5 Å². The van der Waals surface area contributed by atoms with Crippen LogP contribution in [0, 0.1) is 5.92 Å². The minimum atomic E-state index is 0.0168. The molecular formula is C13H26N4. The van der Waals surface area contributed by atoms with E-state index in [9.17, 15) is 0 Å². The summed E-state index contributed by atoms with van der Waals surface area (Å²) in [5.41, 5.74) is 1.03. The van der Waals surface area contributed by atoms with Crippen LogP contribution in [0.15, 0.2) is 6.20 Å². The zero-order valence-corrected chi connectivity index (χ0v) is 11.8. The third-order valence-corrected chi connectivity index (χ3v) is 2.67. The highest BCUT2D eigenvalue weighted by Gasteiger charge is 2.14. The van der Waals surface area contributed by atoms with Crippen molar-refractivity contribution in [2.75, 3.05) is 6.54 Å². The van der Waals surface area contributed by atoms with Crippen molar-refractivity contribution in [2.45, 2.75) is 59.5 Å². The van der Waals surface area contributed by atoms with Crippen LogP contribution in [0.5, 0.6) is 0 Å². The van der Waals surface area contributed by atoms with Gasteiger partial charge in [0.1, 0.15) is 0 Å². The number of aromatic nitrogens is 3. The SMILES string of the molecule is CC(C)CCCNCc1cn(C(C)(C)C)nn1. The average Bonchev–Trinajstić information content (AvgIpc) is 2.64. The smallest absolute Gasteiger partial charge is 0.0965 e. The summed E-state index contributed by atoms with van der Waals surface area (Å²) in [5.74, 6) is 0.790. The lowest BCUT2D eigenvalue weighted by Crippen LogP contribution is -2.22. The van der Waals surface area contributed by atoms with Crippen molar-refractivity contribution in [2.24, 2.45) is 5.92 Å². The molecule has 0 amide bonds. The second-order valence-electron chi connectivity index (χ2n) is 6.04. The second-order valence-corrected chi connectivity index (χ2v) is 6.04. The highest BCUT2D eigenvalue weighted by molar-refractivity contribution is 4.93. The van der Waals surface area contributed by atoms with E-state index in [1.807, 2.05) is 10.9 Å². The summed E-state index contributed by atoms with van der Waals surface area (Å²) < 4.78 is 1.91. The summed E-state index contributed by atoms with van der Waals surface area (Å²) in [5, 5.41) is 11.7. The molecular weight excluding hydrogens is 212 g/mol. The lowest BCUT2D eigenvalue weighted by Gasteiger charge is -2.17. The van der Waals surface area contributed by atoms with Crippen LogP contribution in [0.1, 0.15) is 53.2 Å². The molecule has 0 unspecified atom stereocenters. The second kappa shape index (κ2) is 6.15. The van der Waals surface area contributed by atoms with E-state index in [-0.39, 0.29) is 5.54 Å². The minimum absolute atomic E-state index is 0.0168. The Morgan fingerprint density at radius 3 is 2.59 bits per heavy atom. The summed E-state index contributed by atoms with van der Waals surface area (Å²) >= 11 is 0. The van der Waals surface area contributed by atoms with E-state index in [1.165, 1.54) is 12.8 Å². The minimum Gasteiger partial charge on any atom is -0.311 e. The van der Waals surface area contributed by atoms with E-state index in [0.717, 1.165) is 24.7 Å². The number of rotatable bonds is 6. The van der Waals surface area contributed by atoms with Gasteiger partial charge >= 0.3 is 0 Å². The molecule has 1 rings (SSSR count). The topological polar surface area (TPSA) is 42.7 Å². The van der Waals surface area contributed by atoms with Crippen molar-refractivity contribution >= 4 is 0 Å². The van der Waals surface area contributed by atoms with Gasteiger partial charge in [-0.25, -0.2) is 4.68 Å². The molecule has 0 radical (unpaired) electrons. The van der Waals surface area contributed by atoms with E-state index in [2.05, 4.69) is 50.2 Å². The molecule has 0 aromatic carbocycles. The van der Waals surface area contributed by atoms with Crippen molar-refractivity contribution in [3.8, 4) is 0 Å². The van der Waals surface area contributed by atoms with E-state index < -0.39 is 0 Å².